The number of hydrogen-bond donors (Lipinski definition) is 6. The molecular weight excluding hydrogens is 1370 g/mol. The Hall–Kier alpha value is -13.1. The van der Waals surface area contributed by atoms with E-state index in [1.54, 1.807) is 64.2 Å². The van der Waals surface area contributed by atoms with E-state index in [-0.39, 0.29) is 17.7 Å². The second-order valence-corrected chi connectivity index (χ2v) is 25.2. The van der Waals surface area contributed by atoms with E-state index in [4.69, 9.17) is 28.7 Å². The van der Waals surface area contributed by atoms with Gasteiger partial charge >= 0.3 is 0 Å². The number of methoxy groups -OCH3 is 3. The zero-order valence-corrected chi connectivity index (χ0v) is 62.6. The Morgan fingerprint density at radius 1 is 0.417 bits per heavy atom. The van der Waals surface area contributed by atoms with Crippen LogP contribution in [-0.2, 0) is 41.9 Å². The first-order valence-electron chi connectivity index (χ1n) is 34.4. The fourth-order valence-corrected chi connectivity index (χ4v) is 11.3. The van der Waals surface area contributed by atoms with Crippen LogP contribution >= 0.6 is 0 Å². The summed E-state index contributed by atoms with van der Waals surface area (Å²) in [6.45, 7) is 13.8. The molecule has 29 nitrogen and oxygen atoms in total. The maximum absolute atomic E-state index is 12.1. The number of para-hydroxylation sites is 3. The summed E-state index contributed by atoms with van der Waals surface area (Å²) in [7, 11) is 22.4. The van der Waals surface area contributed by atoms with E-state index in [1.807, 2.05) is 190 Å². The molecule has 108 heavy (non-hydrogen) atoms. The van der Waals surface area contributed by atoms with Crippen LogP contribution in [0.1, 0.15) is 12.0 Å². The minimum absolute atomic E-state index is 0.278. The highest BCUT2D eigenvalue weighted by Crippen LogP contribution is 2.41. The fraction of sp³-hybridized carbons (Fsp3) is 0.241. The lowest BCUT2D eigenvalue weighted by atomic mass is 10.0. The molecule has 558 valence electrons. The first-order valence-corrected chi connectivity index (χ1v) is 34.4. The number of anilines is 9. The third kappa shape index (κ3) is 19.6. The molecule has 0 radical (unpaired) electrons. The molecule has 0 saturated carbocycles. The summed E-state index contributed by atoms with van der Waals surface area (Å²) in [4.78, 5) is 69.6. The monoisotopic (exact) mass is 1460 g/mol. The summed E-state index contributed by atoms with van der Waals surface area (Å²) < 4.78 is 34.2. The number of nitrogens with one attached hydrogen (secondary N) is 6. The minimum atomic E-state index is -0.358. The molecule has 6 aromatic heterocycles. The molecule has 6 heterocycles. The molecule has 29 heteroatoms. The van der Waals surface area contributed by atoms with Crippen molar-refractivity contribution in [2.24, 2.45) is 21.1 Å². The smallest absolute Gasteiger partial charge is 0.247 e. The number of carbonyl (C=O) groups excluding carboxylic acids is 3. The predicted molar refractivity (Wildman–Crippen MR) is 426 cm³/mol. The Labute approximate surface area is 626 Å². The van der Waals surface area contributed by atoms with Gasteiger partial charge in [0.2, 0.25) is 35.6 Å². The molecular formula is C79H89N21O8. The predicted octanol–water partition coefficient (Wildman–Crippen LogP) is 12.1. The van der Waals surface area contributed by atoms with Crippen LogP contribution in [0.15, 0.2) is 184 Å². The highest BCUT2D eigenvalue weighted by molar-refractivity contribution is 6.02. The van der Waals surface area contributed by atoms with Crippen molar-refractivity contribution in [3.63, 3.8) is 0 Å². The van der Waals surface area contributed by atoms with Gasteiger partial charge < -0.3 is 70.3 Å². The van der Waals surface area contributed by atoms with Gasteiger partial charge in [-0.15, -0.1) is 0 Å². The van der Waals surface area contributed by atoms with Crippen molar-refractivity contribution >= 4 is 102 Å². The summed E-state index contributed by atoms with van der Waals surface area (Å²) in [5.41, 5.74) is 11.7. The van der Waals surface area contributed by atoms with Crippen LogP contribution in [0.4, 0.5) is 52.0 Å². The van der Waals surface area contributed by atoms with Gasteiger partial charge in [0, 0.05) is 86.8 Å². The third-order valence-electron chi connectivity index (χ3n) is 16.7. The molecule has 0 atom stereocenters. The molecule has 6 N–H and O–H groups in total. The van der Waals surface area contributed by atoms with Crippen LogP contribution in [0, 0.1) is 0 Å². The lowest BCUT2D eigenvalue weighted by molar-refractivity contribution is -0.112. The lowest BCUT2D eigenvalue weighted by Crippen LogP contribution is -2.20. The van der Waals surface area contributed by atoms with Crippen molar-refractivity contribution in [3.8, 4) is 62.9 Å². The van der Waals surface area contributed by atoms with Crippen molar-refractivity contribution in [3.05, 3.63) is 190 Å². The highest BCUT2D eigenvalue weighted by Gasteiger charge is 2.22. The number of ether oxygens (including phenoxy) is 5. The summed E-state index contributed by atoms with van der Waals surface area (Å²) in [6, 6.07) is 40.1. The van der Waals surface area contributed by atoms with Gasteiger partial charge in [0.05, 0.1) is 83.4 Å². The van der Waals surface area contributed by atoms with Gasteiger partial charge in [0.25, 0.3) is 0 Å². The number of rotatable bonds is 30. The van der Waals surface area contributed by atoms with Gasteiger partial charge in [0.1, 0.15) is 59.0 Å². The molecule has 3 amide bonds. The van der Waals surface area contributed by atoms with Gasteiger partial charge in [-0.05, 0) is 146 Å². The van der Waals surface area contributed by atoms with E-state index in [9.17, 15) is 14.4 Å². The van der Waals surface area contributed by atoms with Crippen molar-refractivity contribution in [1.82, 2.24) is 73.9 Å². The first-order chi connectivity index (χ1) is 52.2. The second-order valence-electron chi connectivity index (χ2n) is 25.2. The van der Waals surface area contributed by atoms with Gasteiger partial charge in [-0.2, -0.15) is 15.3 Å². The minimum Gasteiger partial charge on any atom is -0.495 e. The largest absolute Gasteiger partial charge is 0.495 e. The number of amides is 3. The van der Waals surface area contributed by atoms with Gasteiger partial charge in [0.15, 0.2) is 0 Å². The molecule has 0 aliphatic rings. The van der Waals surface area contributed by atoms with E-state index in [0.717, 1.165) is 74.7 Å². The number of carbonyl (C=O) groups is 3. The molecule has 0 spiro atoms. The number of aryl methyl sites for hydroxylation is 4. The third-order valence-corrected chi connectivity index (χ3v) is 16.7. The van der Waals surface area contributed by atoms with Crippen molar-refractivity contribution in [1.29, 1.82) is 0 Å². The molecule has 0 unspecified atom stereocenters. The molecule has 12 aromatic rings. The number of likely N-dealkylation sites (N-methyl/N-ethyl adjacent to an activating group) is 2. The lowest BCUT2D eigenvalue weighted by Gasteiger charge is -2.18. The average molecular weight is 1460 g/mol. The maximum atomic E-state index is 12.1. The normalized spacial score (nSPS) is 11.0. The van der Waals surface area contributed by atoms with Crippen LogP contribution in [0.25, 0.3) is 66.9 Å². The number of benzene rings is 6. The highest BCUT2D eigenvalue weighted by atomic mass is 16.5. The Morgan fingerprint density at radius 2 is 0.741 bits per heavy atom. The van der Waals surface area contributed by atoms with Crippen molar-refractivity contribution in [2.75, 3.05) is 128 Å². The van der Waals surface area contributed by atoms with Crippen LogP contribution < -0.4 is 55.6 Å². The first kappa shape index (κ1) is 77.5. The molecule has 0 fully saturated rings. The Bertz CT molecular complexity index is 4700. The van der Waals surface area contributed by atoms with E-state index < -0.39 is 0 Å². The summed E-state index contributed by atoms with van der Waals surface area (Å²) in [6.07, 6.45) is 10.4. The zero-order chi connectivity index (χ0) is 77.0. The molecule has 12 rings (SSSR count). The number of aromatic nitrogens is 12. The molecule has 0 aliphatic carbocycles. The van der Waals surface area contributed by atoms with E-state index in [0.29, 0.717) is 124 Å². The van der Waals surface area contributed by atoms with Crippen LogP contribution in [0.2, 0.25) is 0 Å². The Morgan fingerprint density at radius 3 is 1.07 bits per heavy atom. The summed E-state index contributed by atoms with van der Waals surface area (Å²) >= 11 is 0. The quantitative estimate of drug-likeness (QED) is 0.0228. The molecule has 0 bridgehead atoms. The van der Waals surface area contributed by atoms with Crippen LogP contribution in [0.3, 0.4) is 0 Å². The average Bonchev–Trinajstić information content (AvgIpc) is 1.66. The second kappa shape index (κ2) is 36.5. The Balaban J connectivity index is 0.000000173. The maximum Gasteiger partial charge on any atom is 0.247 e. The standard InChI is InChI=1S/C27H31N7O2.2C26H29N7O3/c1-6-25(35)29-21-17-22(24(36-5)16-18(21)10-9-15-33(2)3)31-27-28-14-13-20(30-27)26-19-11-7-8-12-23(19)34(4)32-26;2*1-6-24(34)28-20-15-19(22(35-5)16-23(20)36-14-13-32(2)3)30-26-27-12-11-18(29-26)25-17-9-7-8-10-21(17)33(4)31-25/h6-8,11-14,16-17H,1,9-10,15H2,2-5H3,(H,29,35)(H,28,30,31);2*6-12,15-16H,1,13-14H2,2-5H3,(H,28,34)(H,27,29,30). The van der Waals surface area contributed by atoms with Crippen LogP contribution in [-0.4, -0.2) is 188 Å². The summed E-state index contributed by atoms with van der Waals surface area (Å²) in [5, 5.41) is 35.1. The van der Waals surface area contributed by atoms with Gasteiger partial charge in [-0.25, -0.2) is 29.9 Å². The summed E-state index contributed by atoms with van der Waals surface area (Å²) in [5.74, 6) is 2.69. The molecule has 0 saturated heterocycles. The van der Waals surface area contributed by atoms with Crippen molar-refractivity contribution < 1.29 is 38.1 Å². The molecule has 6 aromatic carbocycles. The number of hydrogen-bond acceptors (Lipinski definition) is 23. The van der Waals surface area contributed by atoms with Crippen molar-refractivity contribution in [2.45, 2.75) is 12.8 Å². The van der Waals surface area contributed by atoms with Crippen LogP contribution in [0.5, 0.6) is 28.7 Å². The topological polar surface area (TPSA) is 310 Å². The fourth-order valence-electron chi connectivity index (χ4n) is 11.3. The van der Waals surface area contributed by atoms with E-state index >= 15 is 0 Å². The van der Waals surface area contributed by atoms with Gasteiger partial charge in [-0.1, -0.05) is 74.3 Å². The number of nitrogens with zero attached hydrogens (tertiary/aromatic N) is 15. The van der Waals surface area contributed by atoms with E-state index in [2.05, 4.69) is 96.8 Å². The molecule has 0 aliphatic heterocycles. The zero-order valence-electron chi connectivity index (χ0n) is 62.6. The SMILES string of the molecule is C=CC(=O)Nc1cc(Nc2nccc(-c3nn(C)c4ccccc34)n2)c(OC)cc1CCCN(C)C.C=CC(=O)Nc1cc(Nc2nccc(-c3nn(C)c4ccccc34)n2)c(OC)cc1OCCN(C)C.C=CC(=O)Nc1cc(Nc2nccc(-c3nn(C)c4ccccc34)n2)c(OC)cc1OCCN(C)C. The Kier molecular flexibility index (Phi) is 26.2. The van der Waals surface area contributed by atoms with E-state index in [1.165, 1.54) is 18.2 Å². The van der Waals surface area contributed by atoms with Gasteiger partial charge in [-0.3, -0.25) is 28.4 Å². The number of fused-ring (bicyclic) bond motifs is 3.